The summed E-state index contributed by atoms with van der Waals surface area (Å²) in [6.07, 6.45) is 4.34. The van der Waals surface area contributed by atoms with Gasteiger partial charge in [-0.3, -0.25) is 4.79 Å². The molecule has 1 atom stereocenters. The van der Waals surface area contributed by atoms with E-state index >= 15 is 0 Å². The lowest BCUT2D eigenvalue weighted by Crippen LogP contribution is -2.13. The molecule has 2 aromatic carbocycles. The summed E-state index contributed by atoms with van der Waals surface area (Å²) >= 11 is 0. The minimum absolute atomic E-state index is 0.0735. The van der Waals surface area contributed by atoms with Crippen LogP contribution in [0.15, 0.2) is 67.0 Å². The fraction of sp³-hybridized carbons (Fsp3) is 0.238. The number of imidazole rings is 1. The van der Waals surface area contributed by atoms with Crippen molar-refractivity contribution in [2.45, 2.75) is 32.4 Å². The number of nitrogens with zero attached hydrogens (tertiary/aromatic N) is 2. The standard InChI is InChI=1S/C21H22N2O3/c1-2-18(14-20(24)25)23-12-11-22-21(23)17-9-6-10-19(13-17)26-15-16-7-4-3-5-8-16/h3-13,18H,2,14-15H2,1H3,(H,24,25). The number of carboxylic acids is 1. The number of aliphatic carboxylic acids is 1. The van der Waals surface area contributed by atoms with Crippen molar-refractivity contribution in [3.63, 3.8) is 0 Å². The van der Waals surface area contributed by atoms with Crippen LogP contribution in [0.3, 0.4) is 0 Å². The molecule has 0 spiro atoms. The first-order chi connectivity index (χ1) is 12.7. The maximum absolute atomic E-state index is 11.1. The van der Waals surface area contributed by atoms with Gasteiger partial charge in [0.05, 0.1) is 6.42 Å². The summed E-state index contributed by atoms with van der Waals surface area (Å²) in [7, 11) is 0. The summed E-state index contributed by atoms with van der Waals surface area (Å²) in [5, 5.41) is 9.14. The average molecular weight is 350 g/mol. The molecule has 1 unspecified atom stereocenters. The highest BCUT2D eigenvalue weighted by atomic mass is 16.5. The van der Waals surface area contributed by atoms with Gasteiger partial charge in [-0.1, -0.05) is 49.4 Å². The molecule has 0 amide bonds. The Morgan fingerprint density at radius 3 is 2.73 bits per heavy atom. The maximum atomic E-state index is 11.1. The van der Waals surface area contributed by atoms with Crippen molar-refractivity contribution in [1.82, 2.24) is 9.55 Å². The molecule has 0 fully saturated rings. The highest BCUT2D eigenvalue weighted by Crippen LogP contribution is 2.27. The van der Waals surface area contributed by atoms with E-state index in [1.54, 1.807) is 6.20 Å². The van der Waals surface area contributed by atoms with Crippen LogP contribution in [-0.4, -0.2) is 20.6 Å². The number of rotatable bonds is 8. The highest BCUT2D eigenvalue weighted by molar-refractivity contribution is 5.67. The Kier molecular flexibility index (Phi) is 5.69. The molecule has 0 radical (unpaired) electrons. The monoisotopic (exact) mass is 350 g/mol. The molecule has 5 nitrogen and oxygen atoms in total. The average Bonchev–Trinajstić information content (AvgIpc) is 3.15. The highest BCUT2D eigenvalue weighted by Gasteiger charge is 2.17. The summed E-state index contributed by atoms with van der Waals surface area (Å²) < 4.78 is 7.83. The lowest BCUT2D eigenvalue weighted by atomic mass is 10.1. The molecule has 0 bridgehead atoms. The third kappa shape index (κ3) is 4.30. The topological polar surface area (TPSA) is 64.3 Å². The molecule has 0 saturated carbocycles. The van der Waals surface area contributed by atoms with Gasteiger partial charge in [0.25, 0.3) is 0 Å². The van der Waals surface area contributed by atoms with Gasteiger partial charge in [-0.2, -0.15) is 0 Å². The molecule has 26 heavy (non-hydrogen) atoms. The van der Waals surface area contributed by atoms with E-state index in [1.165, 1.54) is 0 Å². The largest absolute Gasteiger partial charge is 0.489 e. The van der Waals surface area contributed by atoms with Gasteiger partial charge < -0.3 is 14.4 Å². The number of hydrogen-bond acceptors (Lipinski definition) is 3. The van der Waals surface area contributed by atoms with Crippen molar-refractivity contribution in [3.8, 4) is 17.1 Å². The first-order valence-corrected chi connectivity index (χ1v) is 8.69. The Bertz CT molecular complexity index is 858. The molecule has 3 aromatic rings. The van der Waals surface area contributed by atoms with E-state index in [0.717, 1.165) is 29.1 Å². The van der Waals surface area contributed by atoms with Crippen LogP contribution in [0.4, 0.5) is 0 Å². The van der Waals surface area contributed by atoms with Gasteiger partial charge in [-0.05, 0) is 24.1 Å². The van der Waals surface area contributed by atoms with Crippen LogP contribution in [0.1, 0.15) is 31.4 Å². The van der Waals surface area contributed by atoms with Gasteiger partial charge in [-0.25, -0.2) is 4.98 Å². The predicted octanol–water partition coefficient (Wildman–Crippen LogP) is 4.55. The Hall–Kier alpha value is -3.08. The lowest BCUT2D eigenvalue weighted by Gasteiger charge is -2.18. The SMILES string of the molecule is CCC(CC(=O)O)n1ccnc1-c1cccc(OCc2ccccc2)c1. The molecule has 0 aliphatic heterocycles. The Morgan fingerprint density at radius 1 is 1.19 bits per heavy atom. The molecule has 0 aliphatic carbocycles. The predicted molar refractivity (Wildman–Crippen MR) is 100 cm³/mol. The summed E-state index contributed by atoms with van der Waals surface area (Å²) in [6, 6.07) is 17.6. The second-order valence-corrected chi connectivity index (χ2v) is 6.12. The van der Waals surface area contributed by atoms with Gasteiger partial charge in [0.2, 0.25) is 0 Å². The zero-order chi connectivity index (χ0) is 18.4. The fourth-order valence-electron chi connectivity index (χ4n) is 2.94. The molecule has 1 aromatic heterocycles. The van der Waals surface area contributed by atoms with E-state index in [2.05, 4.69) is 4.98 Å². The van der Waals surface area contributed by atoms with Crippen molar-refractivity contribution in [2.24, 2.45) is 0 Å². The Balaban J connectivity index is 1.80. The molecule has 1 heterocycles. The molecular weight excluding hydrogens is 328 g/mol. The van der Waals surface area contributed by atoms with Crippen LogP contribution in [-0.2, 0) is 11.4 Å². The zero-order valence-corrected chi connectivity index (χ0v) is 14.7. The van der Waals surface area contributed by atoms with E-state index in [0.29, 0.717) is 6.61 Å². The number of carbonyl (C=O) groups is 1. The van der Waals surface area contributed by atoms with Gasteiger partial charge >= 0.3 is 5.97 Å². The van der Waals surface area contributed by atoms with Crippen LogP contribution < -0.4 is 4.74 Å². The van der Waals surface area contributed by atoms with Crippen LogP contribution in [0.5, 0.6) is 5.75 Å². The van der Waals surface area contributed by atoms with Crippen molar-refractivity contribution in [2.75, 3.05) is 0 Å². The molecule has 134 valence electrons. The molecule has 3 rings (SSSR count). The second-order valence-electron chi connectivity index (χ2n) is 6.12. The third-order valence-corrected chi connectivity index (χ3v) is 4.28. The number of carboxylic acid groups (broad SMARTS) is 1. The lowest BCUT2D eigenvalue weighted by molar-refractivity contribution is -0.137. The van der Waals surface area contributed by atoms with Gasteiger partial charge in [0, 0.05) is 24.0 Å². The van der Waals surface area contributed by atoms with Crippen LogP contribution >= 0.6 is 0 Å². The number of aromatic nitrogens is 2. The minimum Gasteiger partial charge on any atom is -0.489 e. The summed E-state index contributed by atoms with van der Waals surface area (Å²) in [5.41, 5.74) is 2.01. The van der Waals surface area contributed by atoms with Crippen molar-refractivity contribution >= 4 is 5.97 Å². The molecule has 5 heteroatoms. The normalized spacial score (nSPS) is 11.9. The zero-order valence-electron chi connectivity index (χ0n) is 14.7. The fourth-order valence-corrected chi connectivity index (χ4v) is 2.94. The molecule has 0 aliphatic rings. The molecular formula is C21H22N2O3. The van der Waals surface area contributed by atoms with Crippen LogP contribution in [0, 0.1) is 0 Å². The van der Waals surface area contributed by atoms with Gasteiger partial charge in [-0.15, -0.1) is 0 Å². The third-order valence-electron chi connectivity index (χ3n) is 4.28. The second kappa shape index (κ2) is 8.34. The van der Waals surface area contributed by atoms with Crippen molar-refractivity contribution in [1.29, 1.82) is 0 Å². The van der Waals surface area contributed by atoms with E-state index in [1.807, 2.05) is 72.3 Å². The molecule has 1 N–H and O–H groups in total. The molecule has 0 saturated heterocycles. The minimum atomic E-state index is -0.809. The summed E-state index contributed by atoms with van der Waals surface area (Å²) in [5.74, 6) is 0.701. The smallest absolute Gasteiger partial charge is 0.305 e. The first-order valence-electron chi connectivity index (χ1n) is 8.69. The summed E-state index contributed by atoms with van der Waals surface area (Å²) in [4.78, 5) is 15.6. The number of ether oxygens (including phenoxy) is 1. The van der Waals surface area contributed by atoms with Gasteiger partial charge in [0.15, 0.2) is 0 Å². The maximum Gasteiger partial charge on any atom is 0.305 e. The number of hydrogen-bond donors (Lipinski definition) is 1. The van der Waals surface area contributed by atoms with Crippen LogP contribution in [0.2, 0.25) is 0 Å². The van der Waals surface area contributed by atoms with E-state index < -0.39 is 5.97 Å². The number of benzene rings is 2. The van der Waals surface area contributed by atoms with Crippen molar-refractivity contribution in [3.05, 3.63) is 72.6 Å². The summed E-state index contributed by atoms with van der Waals surface area (Å²) in [6.45, 7) is 2.48. The van der Waals surface area contributed by atoms with Crippen LogP contribution in [0.25, 0.3) is 11.4 Å². The van der Waals surface area contributed by atoms with E-state index in [9.17, 15) is 4.79 Å². The quantitative estimate of drug-likeness (QED) is 0.647. The van der Waals surface area contributed by atoms with E-state index in [-0.39, 0.29) is 12.5 Å². The Labute approximate surface area is 152 Å². The van der Waals surface area contributed by atoms with Crippen molar-refractivity contribution < 1.29 is 14.6 Å². The van der Waals surface area contributed by atoms with E-state index in [4.69, 9.17) is 9.84 Å². The Morgan fingerprint density at radius 2 is 2.00 bits per heavy atom. The van der Waals surface area contributed by atoms with Gasteiger partial charge in [0.1, 0.15) is 18.2 Å². The first kappa shape index (κ1) is 17.7.